The van der Waals surface area contributed by atoms with Crippen LogP contribution in [0.25, 0.3) is 0 Å². The average molecular weight is 281 g/mol. The first-order valence-corrected chi connectivity index (χ1v) is 8.13. The van der Waals surface area contributed by atoms with Gasteiger partial charge in [-0.15, -0.1) is 5.10 Å². The fourth-order valence-electron chi connectivity index (χ4n) is 3.13. The second kappa shape index (κ2) is 7.84. The van der Waals surface area contributed by atoms with Gasteiger partial charge in [0.25, 0.3) is 0 Å². The highest BCUT2D eigenvalue weighted by molar-refractivity contribution is 6.29. The Morgan fingerprint density at radius 3 is 2.32 bits per heavy atom. The molecule has 0 saturated heterocycles. The molecule has 0 atom stereocenters. The van der Waals surface area contributed by atoms with Gasteiger partial charge in [-0.2, -0.15) is 5.10 Å². The molecule has 0 radical (unpaired) electrons. The van der Waals surface area contributed by atoms with E-state index in [1.165, 1.54) is 51.4 Å². The Kier molecular flexibility index (Phi) is 6.09. The predicted molar refractivity (Wildman–Crippen MR) is 80.3 cm³/mol. The molecule has 0 aromatic carbocycles. The van der Waals surface area contributed by atoms with Crippen LogP contribution in [0.1, 0.15) is 64.0 Å². The summed E-state index contributed by atoms with van der Waals surface area (Å²) in [7, 11) is 0. The van der Waals surface area contributed by atoms with Crippen molar-refractivity contribution in [3.05, 3.63) is 23.0 Å². The zero-order chi connectivity index (χ0) is 13.5. The zero-order valence-electron chi connectivity index (χ0n) is 11.9. The molecule has 1 heterocycles. The number of rotatable bonds is 6. The summed E-state index contributed by atoms with van der Waals surface area (Å²) >= 11 is 5.74. The summed E-state index contributed by atoms with van der Waals surface area (Å²) in [6.07, 6.45) is 12.2. The summed E-state index contributed by atoms with van der Waals surface area (Å²) in [4.78, 5) is 0. The van der Waals surface area contributed by atoms with Gasteiger partial charge in [0, 0.05) is 0 Å². The number of nitrogens with zero attached hydrogens (tertiary/aromatic N) is 2. The van der Waals surface area contributed by atoms with E-state index in [0.29, 0.717) is 5.15 Å². The molecule has 0 spiro atoms. The van der Waals surface area contributed by atoms with Crippen molar-refractivity contribution in [2.75, 3.05) is 0 Å². The Labute approximate surface area is 122 Å². The van der Waals surface area contributed by atoms with Gasteiger partial charge in [0.2, 0.25) is 0 Å². The van der Waals surface area contributed by atoms with Crippen LogP contribution in [0.2, 0.25) is 5.15 Å². The second-order valence-corrected chi connectivity index (χ2v) is 6.30. The van der Waals surface area contributed by atoms with Gasteiger partial charge in [-0.3, -0.25) is 0 Å². The van der Waals surface area contributed by atoms with E-state index >= 15 is 0 Å². The first-order valence-electron chi connectivity index (χ1n) is 7.76. The lowest BCUT2D eigenvalue weighted by molar-refractivity contribution is 0.249. The standard InChI is InChI=1S/C16H25ClN2/c1-2-3-4-13-5-7-14(8-6-13)9-10-15-11-12-16(17)19-18-15/h11-14H,2-10H2,1H3. The van der Waals surface area contributed by atoms with Crippen molar-refractivity contribution >= 4 is 11.6 Å². The van der Waals surface area contributed by atoms with Crippen molar-refractivity contribution in [3.63, 3.8) is 0 Å². The third kappa shape index (κ3) is 5.10. The fraction of sp³-hybridized carbons (Fsp3) is 0.750. The number of aryl methyl sites for hydroxylation is 1. The van der Waals surface area contributed by atoms with E-state index in [1.807, 2.05) is 12.1 Å². The Morgan fingerprint density at radius 2 is 1.74 bits per heavy atom. The van der Waals surface area contributed by atoms with E-state index in [2.05, 4.69) is 17.1 Å². The van der Waals surface area contributed by atoms with E-state index < -0.39 is 0 Å². The number of halogens is 1. The first kappa shape index (κ1) is 14.8. The third-order valence-corrected chi connectivity index (χ3v) is 4.63. The highest BCUT2D eigenvalue weighted by Gasteiger charge is 2.20. The van der Waals surface area contributed by atoms with Gasteiger partial charge in [0.15, 0.2) is 5.15 Å². The molecule has 2 nitrogen and oxygen atoms in total. The van der Waals surface area contributed by atoms with E-state index in [0.717, 1.165) is 24.0 Å². The van der Waals surface area contributed by atoms with Gasteiger partial charge in [0.1, 0.15) is 0 Å². The smallest absolute Gasteiger partial charge is 0.151 e. The summed E-state index contributed by atoms with van der Waals surface area (Å²) in [6, 6.07) is 3.84. The Hall–Kier alpha value is -0.630. The molecule has 0 bridgehead atoms. The van der Waals surface area contributed by atoms with Crippen molar-refractivity contribution in [1.29, 1.82) is 0 Å². The molecule has 0 amide bonds. The summed E-state index contributed by atoms with van der Waals surface area (Å²) in [6.45, 7) is 2.29. The molecule has 2 rings (SSSR count). The topological polar surface area (TPSA) is 25.8 Å². The Morgan fingerprint density at radius 1 is 1.05 bits per heavy atom. The minimum Gasteiger partial charge on any atom is -0.154 e. The lowest BCUT2D eigenvalue weighted by atomic mass is 9.78. The van der Waals surface area contributed by atoms with E-state index in [-0.39, 0.29) is 0 Å². The van der Waals surface area contributed by atoms with Crippen molar-refractivity contribution in [2.24, 2.45) is 11.8 Å². The fourth-order valence-corrected chi connectivity index (χ4v) is 3.23. The van der Waals surface area contributed by atoms with Crippen LogP contribution in [0.5, 0.6) is 0 Å². The lowest BCUT2D eigenvalue weighted by Gasteiger charge is -2.28. The van der Waals surface area contributed by atoms with Gasteiger partial charge in [-0.1, -0.05) is 63.5 Å². The Bertz CT molecular complexity index is 356. The molecular formula is C16H25ClN2. The minimum atomic E-state index is 0.486. The lowest BCUT2D eigenvalue weighted by Crippen LogP contribution is -2.15. The minimum absolute atomic E-state index is 0.486. The molecular weight excluding hydrogens is 256 g/mol. The van der Waals surface area contributed by atoms with Crippen LogP contribution in [0.4, 0.5) is 0 Å². The molecule has 1 aromatic rings. The number of hydrogen-bond donors (Lipinski definition) is 0. The van der Waals surface area contributed by atoms with Gasteiger partial charge in [-0.25, -0.2) is 0 Å². The SMILES string of the molecule is CCCCC1CCC(CCc2ccc(Cl)nn2)CC1. The maximum Gasteiger partial charge on any atom is 0.151 e. The van der Waals surface area contributed by atoms with Gasteiger partial charge in [-0.05, 0) is 36.8 Å². The maximum atomic E-state index is 5.74. The van der Waals surface area contributed by atoms with E-state index in [9.17, 15) is 0 Å². The molecule has 106 valence electrons. The van der Waals surface area contributed by atoms with E-state index in [4.69, 9.17) is 11.6 Å². The van der Waals surface area contributed by atoms with Crippen LogP contribution in [-0.2, 0) is 6.42 Å². The monoisotopic (exact) mass is 280 g/mol. The normalized spacial score (nSPS) is 23.5. The number of aromatic nitrogens is 2. The van der Waals surface area contributed by atoms with Crippen LogP contribution in [0.3, 0.4) is 0 Å². The molecule has 0 N–H and O–H groups in total. The summed E-state index contributed by atoms with van der Waals surface area (Å²) < 4.78 is 0. The molecule has 1 aromatic heterocycles. The second-order valence-electron chi connectivity index (χ2n) is 5.92. The van der Waals surface area contributed by atoms with Crippen molar-refractivity contribution in [3.8, 4) is 0 Å². The average Bonchev–Trinajstić information content (AvgIpc) is 2.46. The number of unbranched alkanes of at least 4 members (excludes halogenated alkanes) is 1. The van der Waals surface area contributed by atoms with Crippen LogP contribution >= 0.6 is 11.6 Å². The molecule has 0 unspecified atom stereocenters. The van der Waals surface area contributed by atoms with Crippen molar-refractivity contribution in [1.82, 2.24) is 10.2 Å². The van der Waals surface area contributed by atoms with Crippen LogP contribution < -0.4 is 0 Å². The summed E-state index contributed by atoms with van der Waals surface area (Å²) in [5.41, 5.74) is 1.08. The van der Waals surface area contributed by atoms with Gasteiger partial charge < -0.3 is 0 Å². The number of hydrogen-bond acceptors (Lipinski definition) is 2. The van der Waals surface area contributed by atoms with Crippen LogP contribution in [0, 0.1) is 11.8 Å². The molecule has 19 heavy (non-hydrogen) atoms. The van der Waals surface area contributed by atoms with Crippen molar-refractivity contribution in [2.45, 2.75) is 64.7 Å². The molecule has 3 heteroatoms. The highest BCUT2D eigenvalue weighted by atomic mass is 35.5. The van der Waals surface area contributed by atoms with Gasteiger partial charge in [0.05, 0.1) is 5.69 Å². The maximum absolute atomic E-state index is 5.74. The molecule has 1 fully saturated rings. The highest BCUT2D eigenvalue weighted by Crippen LogP contribution is 2.33. The van der Waals surface area contributed by atoms with Crippen LogP contribution in [-0.4, -0.2) is 10.2 Å². The van der Waals surface area contributed by atoms with Crippen LogP contribution in [0.15, 0.2) is 12.1 Å². The molecule has 1 aliphatic rings. The Balaban J connectivity index is 1.67. The largest absolute Gasteiger partial charge is 0.154 e. The third-order valence-electron chi connectivity index (χ3n) is 4.43. The summed E-state index contributed by atoms with van der Waals surface area (Å²) in [5, 5.41) is 8.53. The predicted octanol–water partition coefficient (Wildman–Crippen LogP) is 5.06. The molecule has 1 saturated carbocycles. The van der Waals surface area contributed by atoms with Gasteiger partial charge >= 0.3 is 0 Å². The molecule has 0 aliphatic heterocycles. The van der Waals surface area contributed by atoms with Crippen molar-refractivity contribution < 1.29 is 0 Å². The summed E-state index contributed by atoms with van der Waals surface area (Å²) in [5.74, 6) is 1.90. The zero-order valence-corrected chi connectivity index (χ0v) is 12.7. The molecule has 1 aliphatic carbocycles. The van der Waals surface area contributed by atoms with E-state index in [1.54, 1.807) is 0 Å². The first-order chi connectivity index (χ1) is 9.28. The quantitative estimate of drug-likeness (QED) is 0.728.